The third-order valence-corrected chi connectivity index (χ3v) is 3.02. The second kappa shape index (κ2) is 6.97. The van der Waals surface area contributed by atoms with Crippen LogP contribution in [0, 0.1) is 0 Å². The van der Waals surface area contributed by atoms with Crippen LogP contribution in [0.2, 0.25) is 0 Å². The number of nitrogens with zero attached hydrogens (tertiary/aromatic N) is 2. The Labute approximate surface area is 109 Å². The number of unbranched alkanes of at least 4 members (excludes halogenated alkanes) is 2. The summed E-state index contributed by atoms with van der Waals surface area (Å²) in [5.41, 5.74) is 2.45. The molecule has 2 rings (SSSR count). The predicted octanol–water partition coefficient (Wildman–Crippen LogP) is 3.15. The van der Waals surface area contributed by atoms with E-state index in [9.17, 15) is 0 Å². The van der Waals surface area contributed by atoms with Gasteiger partial charge in [-0.1, -0.05) is 38.0 Å². The van der Waals surface area contributed by atoms with Gasteiger partial charge in [-0.3, -0.25) is 0 Å². The highest BCUT2D eigenvalue weighted by atomic mass is 15.3. The number of benzene rings is 1. The molecule has 0 spiro atoms. The molecule has 1 aromatic carbocycles. The first kappa shape index (κ1) is 12.8. The lowest BCUT2D eigenvalue weighted by Crippen LogP contribution is -2.16. The molecule has 96 valence electrons. The van der Waals surface area contributed by atoms with Gasteiger partial charge in [-0.15, -0.1) is 0 Å². The molecule has 0 amide bonds. The Morgan fingerprint density at radius 2 is 2.06 bits per heavy atom. The van der Waals surface area contributed by atoms with Crippen molar-refractivity contribution in [1.82, 2.24) is 15.1 Å². The molecule has 1 heterocycles. The van der Waals surface area contributed by atoms with Crippen LogP contribution in [0.1, 0.15) is 31.7 Å². The molecule has 0 saturated carbocycles. The lowest BCUT2D eigenvalue weighted by molar-refractivity contribution is 0.614. The van der Waals surface area contributed by atoms with Crippen molar-refractivity contribution < 1.29 is 0 Å². The largest absolute Gasteiger partial charge is 0.313 e. The lowest BCUT2D eigenvalue weighted by Gasteiger charge is -2.10. The summed E-state index contributed by atoms with van der Waals surface area (Å²) in [4.78, 5) is 0. The van der Waals surface area contributed by atoms with Crippen LogP contribution in [0.5, 0.6) is 0 Å². The summed E-state index contributed by atoms with van der Waals surface area (Å²) in [5.74, 6) is 0. The minimum absolute atomic E-state index is 0.903. The summed E-state index contributed by atoms with van der Waals surface area (Å²) in [6, 6.07) is 10.3. The summed E-state index contributed by atoms with van der Waals surface area (Å²) >= 11 is 0. The smallest absolute Gasteiger partial charge is 0.0690 e. The fourth-order valence-corrected chi connectivity index (χ4v) is 2.02. The molecule has 0 fully saturated rings. The highest BCUT2D eigenvalue weighted by molar-refractivity contribution is 5.40. The van der Waals surface area contributed by atoms with E-state index in [-0.39, 0.29) is 0 Å². The molecule has 2 aromatic rings. The van der Waals surface area contributed by atoms with Gasteiger partial charge in [-0.05, 0) is 30.7 Å². The monoisotopic (exact) mass is 243 g/mol. The minimum atomic E-state index is 0.903. The fraction of sp³-hybridized carbons (Fsp3) is 0.400. The Kier molecular flexibility index (Phi) is 4.97. The van der Waals surface area contributed by atoms with E-state index in [4.69, 9.17) is 0 Å². The van der Waals surface area contributed by atoms with Gasteiger partial charge in [-0.2, -0.15) is 5.10 Å². The molecular weight excluding hydrogens is 222 g/mol. The summed E-state index contributed by atoms with van der Waals surface area (Å²) in [7, 11) is 0. The van der Waals surface area contributed by atoms with Gasteiger partial charge < -0.3 is 5.32 Å². The third-order valence-electron chi connectivity index (χ3n) is 3.02. The number of rotatable bonds is 7. The number of aromatic nitrogens is 2. The first-order valence-electron chi connectivity index (χ1n) is 6.70. The van der Waals surface area contributed by atoms with E-state index in [1.165, 1.54) is 24.8 Å². The van der Waals surface area contributed by atoms with E-state index in [0.717, 1.165) is 18.8 Å². The third kappa shape index (κ3) is 3.44. The Morgan fingerprint density at radius 3 is 2.83 bits per heavy atom. The molecule has 0 saturated heterocycles. The molecule has 0 unspecified atom stereocenters. The van der Waals surface area contributed by atoms with Crippen LogP contribution in [0.15, 0.2) is 42.7 Å². The van der Waals surface area contributed by atoms with E-state index in [0.29, 0.717) is 0 Å². The van der Waals surface area contributed by atoms with Crippen LogP contribution in [-0.2, 0) is 6.54 Å². The van der Waals surface area contributed by atoms with Gasteiger partial charge >= 0.3 is 0 Å². The minimum Gasteiger partial charge on any atom is -0.313 e. The van der Waals surface area contributed by atoms with Crippen LogP contribution in [0.3, 0.4) is 0 Å². The van der Waals surface area contributed by atoms with Crippen LogP contribution in [0.25, 0.3) is 5.69 Å². The van der Waals surface area contributed by atoms with Crippen molar-refractivity contribution in [1.29, 1.82) is 0 Å². The summed E-state index contributed by atoms with van der Waals surface area (Å²) in [6.07, 6.45) is 7.61. The number of hydrogen-bond donors (Lipinski definition) is 1. The van der Waals surface area contributed by atoms with Crippen molar-refractivity contribution in [3.8, 4) is 5.69 Å². The predicted molar refractivity (Wildman–Crippen MR) is 74.8 cm³/mol. The van der Waals surface area contributed by atoms with Gasteiger partial charge in [0, 0.05) is 18.9 Å². The van der Waals surface area contributed by atoms with Crippen LogP contribution in [0.4, 0.5) is 0 Å². The molecular formula is C15H21N3. The molecule has 0 atom stereocenters. The molecule has 0 aliphatic heterocycles. The van der Waals surface area contributed by atoms with Crippen molar-refractivity contribution in [2.24, 2.45) is 0 Å². The summed E-state index contributed by atoms with van der Waals surface area (Å²) in [5, 5.41) is 7.79. The van der Waals surface area contributed by atoms with Gasteiger partial charge in [0.25, 0.3) is 0 Å². The Morgan fingerprint density at radius 1 is 1.17 bits per heavy atom. The maximum atomic E-state index is 4.29. The molecule has 1 aromatic heterocycles. The van der Waals surface area contributed by atoms with Crippen molar-refractivity contribution in [3.63, 3.8) is 0 Å². The molecule has 18 heavy (non-hydrogen) atoms. The van der Waals surface area contributed by atoms with Crippen molar-refractivity contribution in [2.75, 3.05) is 6.54 Å². The number of nitrogens with one attached hydrogen (secondary N) is 1. The van der Waals surface area contributed by atoms with Crippen molar-refractivity contribution >= 4 is 0 Å². The molecule has 3 heteroatoms. The summed E-state index contributed by atoms with van der Waals surface area (Å²) in [6.45, 7) is 4.22. The highest BCUT2D eigenvalue weighted by Crippen LogP contribution is 2.13. The molecule has 1 N–H and O–H groups in total. The SMILES string of the molecule is CCCCCNCc1ccccc1-n1cccn1. The Balaban J connectivity index is 1.96. The Hall–Kier alpha value is -1.61. The standard InChI is InChI=1S/C15H21N3/c1-2-3-6-10-16-13-14-8-4-5-9-15(14)18-12-7-11-17-18/h4-5,7-9,11-12,16H,2-3,6,10,13H2,1H3. The zero-order valence-electron chi connectivity index (χ0n) is 11.0. The van der Waals surface area contributed by atoms with E-state index < -0.39 is 0 Å². The van der Waals surface area contributed by atoms with Crippen molar-refractivity contribution in [2.45, 2.75) is 32.7 Å². The molecule has 0 bridgehead atoms. The molecule has 0 aliphatic rings. The number of para-hydroxylation sites is 1. The normalized spacial score (nSPS) is 10.7. The first-order valence-corrected chi connectivity index (χ1v) is 6.70. The number of hydrogen-bond acceptors (Lipinski definition) is 2. The average Bonchev–Trinajstić information content (AvgIpc) is 2.93. The van der Waals surface area contributed by atoms with E-state index in [2.05, 4.69) is 41.6 Å². The van der Waals surface area contributed by atoms with Crippen LogP contribution >= 0.6 is 0 Å². The van der Waals surface area contributed by atoms with E-state index in [1.807, 2.05) is 23.1 Å². The maximum Gasteiger partial charge on any atom is 0.0690 e. The average molecular weight is 243 g/mol. The van der Waals surface area contributed by atoms with Crippen LogP contribution in [-0.4, -0.2) is 16.3 Å². The van der Waals surface area contributed by atoms with Crippen molar-refractivity contribution in [3.05, 3.63) is 48.3 Å². The van der Waals surface area contributed by atoms with Gasteiger partial charge in [0.2, 0.25) is 0 Å². The Bertz CT molecular complexity index is 449. The van der Waals surface area contributed by atoms with Gasteiger partial charge in [0.15, 0.2) is 0 Å². The van der Waals surface area contributed by atoms with Gasteiger partial charge in [0.1, 0.15) is 0 Å². The highest BCUT2D eigenvalue weighted by Gasteiger charge is 2.03. The zero-order valence-corrected chi connectivity index (χ0v) is 11.0. The van der Waals surface area contributed by atoms with Crippen LogP contribution < -0.4 is 5.32 Å². The lowest BCUT2D eigenvalue weighted by atomic mass is 10.1. The molecule has 0 radical (unpaired) electrons. The quantitative estimate of drug-likeness (QED) is 0.757. The van der Waals surface area contributed by atoms with E-state index in [1.54, 1.807) is 0 Å². The maximum absolute atomic E-state index is 4.29. The molecule has 0 aliphatic carbocycles. The first-order chi connectivity index (χ1) is 8.92. The van der Waals surface area contributed by atoms with Gasteiger partial charge in [-0.25, -0.2) is 4.68 Å². The molecule has 3 nitrogen and oxygen atoms in total. The topological polar surface area (TPSA) is 29.9 Å². The zero-order chi connectivity index (χ0) is 12.6. The van der Waals surface area contributed by atoms with Gasteiger partial charge in [0.05, 0.1) is 5.69 Å². The fourth-order valence-electron chi connectivity index (χ4n) is 2.02. The second-order valence-corrected chi connectivity index (χ2v) is 4.46. The van der Waals surface area contributed by atoms with E-state index >= 15 is 0 Å². The summed E-state index contributed by atoms with van der Waals surface area (Å²) < 4.78 is 1.92. The second-order valence-electron chi connectivity index (χ2n) is 4.46.